The summed E-state index contributed by atoms with van der Waals surface area (Å²) in [6.45, 7) is 3.67. The monoisotopic (exact) mass is 470 g/mol. The van der Waals surface area contributed by atoms with E-state index in [9.17, 15) is 26.4 Å². The molecule has 0 aromatic carbocycles. The summed E-state index contributed by atoms with van der Waals surface area (Å²) in [6, 6.07) is 0.371. The van der Waals surface area contributed by atoms with Crippen LogP contribution in [0.4, 0.5) is 13.2 Å². The van der Waals surface area contributed by atoms with Crippen molar-refractivity contribution in [1.29, 1.82) is 0 Å². The molecule has 0 unspecified atom stereocenters. The normalized spacial score (nSPS) is 20.1. The van der Waals surface area contributed by atoms with Crippen LogP contribution in [0, 0.1) is 0 Å². The first kappa shape index (κ1) is 22.2. The van der Waals surface area contributed by atoms with Crippen molar-refractivity contribution in [3.63, 3.8) is 0 Å². The zero-order valence-electron chi connectivity index (χ0n) is 15.5. The number of pyridine rings is 1. The number of hydrogen-bond donors (Lipinski definition) is 0. The van der Waals surface area contributed by atoms with Crippen LogP contribution >= 0.6 is 23.4 Å². The van der Waals surface area contributed by atoms with E-state index in [1.165, 1.54) is 4.90 Å². The molecule has 0 bridgehead atoms. The van der Waals surface area contributed by atoms with Gasteiger partial charge in [0, 0.05) is 18.8 Å². The number of thioether (sulfide) groups is 1. The van der Waals surface area contributed by atoms with Crippen molar-refractivity contribution in [2.45, 2.75) is 42.9 Å². The molecule has 0 spiro atoms. The second-order valence-electron chi connectivity index (χ2n) is 6.69. The van der Waals surface area contributed by atoms with Crippen LogP contribution in [0.15, 0.2) is 17.4 Å². The summed E-state index contributed by atoms with van der Waals surface area (Å²) in [5, 5.41) is 6.84. The number of aromatic nitrogens is 3. The maximum atomic E-state index is 13.1. The van der Waals surface area contributed by atoms with Gasteiger partial charge in [-0.1, -0.05) is 23.4 Å². The van der Waals surface area contributed by atoms with E-state index in [0.717, 1.165) is 28.4 Å². The zero-order chi connectivity index (χ0) is 21.6. The maximum absolute atomic E-state index is 13.1. The summed E-state index contributed by atoms with van der Waals surface area (Å²) in [5.74, 6) is -0.353. The van der Waals surface area contributed by atoms with E-state index in [-0.39, 0.29) is 33.2 Å². The van der Waals surface area contributed by atoms with E-state index in [1.807, 2.05) is 0 Å². The molecule has 0 saturated carbocycles. The van der Waals surface area contributed by atoms with Crippen LogP contribution in [0.5, 0.6) is 0 Å². The lowest BCUT2D eigenvalue weighted by molar-refractivity contribution is -0.138. The molecule has 1 amide bonds. The van der Waals surface area contributed by atoms with Crippen LogP contribution in [0.3, 0.4) is 0 Å². The quantitative estimate of drug-likeness (QED) is 0.625. The fourth-order valence-electron chi connectivity index (χ4n) is 3.23. The van der Waals surface area contributed by atoms with Crippen molar-refractivity contribution in [2.75, 3.05) is 18.1 Å². The largest absolute Gasteiger partial charge is 0.417 e. The molecular formula is C16H18ClF3N4O3S2. The van der Waals surface area contributed by atoms with Gasteiger partial charge in [0.2, 0.25) is 5.91 Å². The Morgan fingerprint density at radius 3 is 2.69 bits per heavy atom. The number of fused-ring (bicyclic) bond motifs is 1. The van der Waals surface area contributed by atoms with E-state index in [0.29, 0.717) is 13.0 Å². The Labute approximate surface area is 174 Å². The molecule has 1 aliphatic heterocycles. The van der Waals surface area contributed by atoms with Crippen molar-refractivity contribution in [3.8, 4) is 0 Å². The highest BCUT2D eigenvalue weighted by Gasteiger charge is 2.36. The Hall–Kier alpha value is -1.53. The summed E-state index contributed by atoms with van der Waals surface area (Å²) in [4.78, 5) is 14.4. The Balaban J connectivity index is 1.84. The standard InChI is InChI=1S/C16H18ClF3N4O3S2/c1-3-23(11-4-5-29(26,27)8-11)14(25)9(2)28-15-22-21-13-12(17)6-10(7-24(13)15)16(18,19)20/h6-7,9,11H,3-5,8H2,1-2H3/t9-,11+/m1/s1. The first-order valence-corrected chi connectivity index (χ1v) is 11.8. The molecule has 1 aliphatic rings. The summed E-state index contributed by atoms with van der Waals surface area (Å²) >= 11 is 6.84. The van der Waals surface area contributed by atoms with Gasteiger partial charge >= 0.3 is 6.18 Å². The minimum Gasteiger partial charge on any atom is -0.338 e. The minimum atomic E-state index is -4.60. The van der Waals surface area contributed by atoms with Gasteiger partial charge in [-0.15, -0.1) is 10.2 Å². The number of carbonyl (C=O) groups is 1. The number of carbonyl (C=O) groups excluding carboxylic acids is 1. The molecule has 160 valence electrons. The number of halogens is 4. The molecule has 0 radical (unpaired) electrons. The molecule has 7 nitrogen and oxygen atoms in total. The number of hydrogen-bond acceptors (Lipinski definition) is 6. The van der Waals surface area contributed by atoms with E-state index in [4.69, 9.17) is 11.6 Å². The summed E-state index contributed by atoms with van der Waals surface area (Å²) in [6.07, 6.45) is -3.39. The molecule has 0 N–H and O–H groups in total. The SMILES string of the molecule is CCN(C(=O)[C@@H](C)Sc1nnc2c(Cl)cc(C(F)(F)F)cn12)[C@H]1CCS(=O)(=O)C1. The van der Waals surface area contributed by atoms with Crippen molar-refractivity contribution in [3.05, 3.63) is 22.8 Å². The third-order valence-corrected chi connectivity index (χ3v) is 7.73. The molecule has 29 heavy (non-hydrogen) atoms. The first-order chi connectivity index (χ1) is 13.4. The van der Waals surface area contributed by atoms with Gasteiger partial charge in [0.25, 0.3) is 0 Å². The van der Waals surface area contributed by atoms with E-state index < -0.39 is 32.9 Å². The molecule has 1 fully saturated rings. The highest BCUT2D eigenvalue weighted by Crippen LogP contribution is 2.34. The number of nitrogens with zero attached hydrogens (tertiary/aromatic N) is 4. The highest BCUT2D eigenvalue weighted by molar-refractivity contribution is 8.00. The van der Waals surface area contributed by atoms with E-state index >= 15 is 0 Å². The van der Waals surface area contributed by atoms with Gasteiger partial charge in [-0.05, 0) is 26.3 Å². The fraction of sp³-hybridized carbons (Fsp3) is 0.562. The second-order valence-corrected chi connectivity index (χ2v) is 10.6. The third kappa shape index (κ3) is 4.64. The van der Waals surface area contributed by atoms with Crippen molar-refractivity contribution < 1.29 is 26.4 Å². The number of sulfone groups is 1. The van der Waals surface area contributed by atoms with Gasteiger partial charge in [0.05, 0.1) is 27.3 Å². The predicted molar refractivity (Wildman–Crippen MR) is 103 cm³/mol. The molecule has 2 atom stereocenters. The summed E-state index contributed by atoms with van der Waals surface area (Å²) in [7, 11) is -3.16. The van der Waals surface area contributed by atoms with Gasteiger partial charge in [-0.2, -0.15) is 13.2 Å². The average Bonchev–Trinajstić information content (AvgIpc) is 3.18. The lowest BCUT2D eigenvalue weighted by Crippen LogP contribution is -2.44. The number of rotatable bonds is 5. The van der Waals surface area contributed by atoms with E-state index in [1.54, 1.807) is 13.8 Å². The van der Waals surface area contributed by atoms with Gasteiger partial charge in [-0.25, -0.2) is 8.42 Å². The molecular weight excluding hydrogens is 453 g/mol. The lowest BCUT2D eigenvalue weighted by atomic mass is 10.2. The Morgan fingerprint density at radius 1 is 1.45 bits per heavy atom. The third-order valence-electron chi connectivity index (χ3n) is 4.66. The molecule has 0 aliphatic carbocycles. The van der Waals surface area contributed by atoms with Gasteiger partial charge < -0.3 is 4.90 Å². The summed E-state index contributed by atoms with van der Waals surface area (Å²) in [5.41, 5.74) is -0.905. The average molecular weight is 471 g/mol. The van der Waals surface area contributed by atoms with Crippen molar-refractivity contribution >= 4 is 44.8 Å². The molecule has 2 aromatic rings. The smallest absolute Gasteiger partial charge is 0.338 e. The topological polar surface area (TPSA) is 84.6 Å². The molecule has 2 aromatic heterocycles. The molecule has 13 heteroatoms. The zero-order valence-corrected chi connectivity index (χ0v) is 17.9. The Morgan fingerprint density at radius 2 is 2.14 bits per heavy atom. The predicted octanol–water partition coefficient (Wildman–Crippen LogP) is 2.92. The van der Waals surface area contributed by atoms with E-state index in [2.05, 4.69) is 10.2 Å². The van der Waals surface area contributed by atoms with Gasteiger partial charge in [-0.3, -0.25) is 9.20 Å². The Bertz CT molecular complexity index is 1040. The van der Waals surface area contributed by atoms with Crippen LogP contribution in [0.1, 0.15) is 25.8 Å². The van der Waals surface area contributed by atoms with Gasteiger partial charge in [0.1, 0.15) is 0 Å². The number of alkyl halides is 3. The van der Waals surface area contributed by atoms with Crippen LogP contribution in [-0.4, -0.2) is 63.2 Å². The van der Waals surface area contributed by atoms with Crippen molar-refractivity contribution in [1.82, 2.24) is 19.5 Å². The lowest BCUT2D eigenvalue weighted by Gasteiger charge is -2.29. The van der Waals surface area contributed by atoms with Crippen LogP contribution in [0.2, 0.25) is 5.02 Å². The number of amides is 1. The summed E-state index contributed by atoms with van der Waals surface area (Å²) < 4.78 is 63.8. The van der Waals surface area contributed by atoms with Crippen LogP contribution in [-0.2, 0) is 20.8 Å². The van der Waals surface area contributed by atoms with Gasteiger partial charge in [0.15, 0.2) is 20.6 Å². The molecule has 3 heterocycles. The van der Waals surface area contributed by atoms with Crippen LogP contribution in [0.25, 0.3) is 5.65 Å². The fourth-order valence-corrected chi connectivity index (χ4v) is 6.10. The van der Waals surface area contributed by atoms with Crippen LogP contribution < -0.4 is 0 Å². The molecule has 3 rings (SSSR count). The second kappa shape index (κ2) is 7.95. The molecule has 1 saturated heterocycles. The maximum Gasteiger partial charge on any atom is 0.417 e. The van der Waals surface area contributed by atoms with Crippen molar-refractivity contribution in [2.24, 2.45) is 0 Å². The first-order valence-electron chi connectivity index (χ1n) is 8.72. The highest BCUT2D eigenvalue weighted by atomic mass is 35.5. The minimum absolute atomic E-state index is 0.0382. The Kier molecular flexibility index (Phi) is 6.08.